The Morgan fingerprint density at radius 2 is 2.29 bits per heavy atom. The molecule has 4 rings (SSSR count). The molecule has 0 saturated heterocycles. The van der Waals surface area contributed by atoms with Gasteiger partial charge in [-0.05, 0) is 37.7 Å². The van der Waals surface area contributed by atoms with Gasteiger partial charge in [0.15, 0.2) is 0 Å². The van der Waals surface area contributed by atoms with Crippen LogP contribution in [0.2, 0.25) is 0 Å². The lowest BCUT2D eigenvalue weighted by Crippen LogP contribution is -2.29. The van der Waals surface area contributed by atoms with Gasteiger partial charge in [-0.2, -0.15) is 0 Å². The maximum Gasteiger partial charge on any atom is 0.293 e. The van der Waals surface area contributed by atoms with Crippen molar-refractivity contribution in [1.29, 1.82) is 0 Å². The molecular weight excluding hydrogens is 419 g/mol. The lowest BCUT2D eigenvalue weighted by molar-refractivity contribution is 0.0139. The number of nitrogens with zero attached hydrogens (tertiary/aromatic N) is 2. The zero-order valence-corrected chi connectivity index (χ0v) is 18.1. The van der Waals surface area contributed by atoms with Crippen LogP contribution >= 0.6 is 11.8 Å². The van der Waals surface area contributed by atoms with E-state index in [2.05, 4.69) is 22.4 Å². The van der Waals surface area contributed by atoms with E-state index in [1.807, 2.05) is 23.0 Å². The van der Waals surface area contributed by atoms with Crippen LogP contribution in [0.1, 0.15) is 35.8 Å². The van der Waals surface area contributed by atoms with Crippen LogP contribution < -0.4 is 10.8 Å². The number of carbonyl (C=O) groups is 1. The second kappa shape index (κ2) is 9.57. The van der Waals surface area contributed by atoms with Gasteiger partial charge in [0, 0.05) is 28.7 Å². The van der Waals surface area contributed by atoms with Crippen molar-refractivity contribution in [2.45, 2.75) is 31.3 Å². The molecule has 1 saturated carbocycles. The molecule has 2 N–H and O–H groups in total. The molecule has 1 atom stereocenters. The Balaban J connectivity index is 1.66. The van der Waals surface area contributed by atoms with Crippen molar-refractivity contribution >= 4 is 34.3 Å². The lowest BCUT2D eigenvalue weighted by atomic mass is 10.1. The summed E-state index contributed by atoms with van der Waals surface area (Å²) in [4.78, 5) is 23.5. The first-order valence-electron chi connectivity index (χ1n) is 10.1. The minimum Gasteiger partial charge on any atom is -0.499 e. The van der Waals surface area contributed by atoms with Crippen LogP contribution in [0.25, 0.3) is 10.9 Å². The van der Waals surface area contributed by atoms with E-state index in [0.29, 0.717) is 17.8 Å². The number of amides is 1. The van der Waals surface area contributed by atoms with E-state index in [9.17, 15) is 9.18 Å². The van der Waals surface area contributed by atoms with Gasteiger partial charge in [-0.3, -0.25) is 14.6 Å². The van der Waals surface area contributed by atoms with Crippen molar-refractivity contribution in [1.82, 2.24) is 15.0 Å². The second-order valence-electron chi connectivity index (χ2n) is 7.31. The van der Waals surface area contributed by atoms with Crippen LogP contribution in [0, 0.1) is 0 Å². The molecule has 9 heteroatoms. The summed E-state index contributed by atoms with van der Waals surface area (Å²) in [6.45, 7) is 3.91. The normalized spacial score (nSPS) is 18.3. The van der Waals surface area contributed by atoms with Crippen molar-refractivity contribution in [3.05, 3.63) is 59.9 Å². The number of thioether (sulfide) groups is 1. The average molecular weight is 445 g/mol. The van der Waals surface area contributed by atoms with Gasteiger partial charge in [-0.1, -0.05) is 12.7 Å². The van der Waals surface area contributed by atoms with E-state index in [1.54, 1.807) is 12.4 Å². The summed E-state index contributed by atoms with van der Waals surface area (Å²) >= 11 is 1.51. The van der Waals surface area contributed by atoms with Gasteiger partial charge in [-0.25, -0.2) is 9.87 Å². The molecule has 2 heterocycles. The first kappa shape index (κ1) is 21.5. The van der Waals surface area contributed by atoms with Gasteiger partial charge >= 0.3 is 0 Å². The molecule has 7 nitrogen and oxygen atoms in total. The molecule has 2 aliphatic rings. The predicted octanol–water partition coefficient (Wildman–Crippen LogP) is 4.48. The summed E-state index contributed by atoms with van der Waals surface area (Å²) < 4.78 is 21.8. The van der Waals surface area contributed by atoms with E-state index >= 15 is 0 Å². The zero-order valence-electron chi connectivity index (χ0n) is 17.3. The van der Waals surface area contributed by atoms with Crippen molar-refractivity contribution in [2.75, 3.05) is 24.8 Å². The molecule has 2 aliphatic carbocycles. The third-order valence-electron chi connectivity index (χ3n) is 5.24. The number of nitrogens with one attached hydrogen (secondary N) is 2. The number of hydrogen-bond donors (Lipinski definition) is 2. The van der Waals surface area contributed by atoms with Gasteiger partial charge < -0.3 is 14.6 Å². The zero-order chi connectivity index (χ0) is 21.8. The average Bonchev–Trinajstić information content (AvgIpc) is 3.57. The SMILES string of the molecule is C=COCCONC(=O)c1c(NC2CC=C(SC)C=C2F)c2cnccc2n1C1CC1. The van der Waals surface area contributed by atoms with Crippen molar-refractivity contribution in [3.8, 4) is 0 Å². The van der Waals surface area contributed by atoms with Crippen molar-refractivity contribution in [3.63, 3.8) is 0 Å². The summed E-state index contributed by atoms with van der Waals surface area (Å²) in [5.74, 6) is -0.656. The number of pyridine rings is 1. The number of allylic oxidation sites excluding steroid dienone is 1. The molecule has 0 spiro atoms. The Bertz CT molecular complexity index is 1040. The van der Waals surface area contributed by atoms with Gasteiger partial charge in [-0.15, -0.1) is 11.8 Å². The highest BCUT2D eigenvalue weighted by Crippen LogP contribution is 2.43. The molecule has 164 valence electrons. The van der Waals surface area contributed by atoms with Crippen molar-refractivity contribution in [2.24, 2.45) is 0 Å². The molecule has 0 bridgehead atoms. The number of ether oxygens (including phenoxy) is 1. The minimum atomic E-state index is -0.553. The van der Waals surface area contributed by atoms with Gasteiger partial charge in [0.05, 0.1) is 23.5 Å². The fraction of sp³-hybridized carbons (Fsp3) is 0.364. The van der Waals surface area contributed by atoms with Crippen LogP contribution in [0.4, 0.5) is 10.1 Å². The number of hydrogen-bond acceptors (Lipinski definition) is 6. The first-order chi connectivity index (χ1) is 15.1. The highest BCUT2D eigenvalue weighted by molar-refractivity contribution is 8.02. The van der Waals surface area contributed by atoms with E-state index in [-0.39, 0.29) is 25.1 Å². The molecule has 31 heavy (non-hydrogen) atoms. The number of anilines is 1. The molecule has 0 aromatic carbocycles. The number of halogens is 1. The third-order valence-corrected chi connectivity index (χ3v) is 6.00. The van der Waals surface area contributed by atoms with E-state index in [4.69, 9.17) is 9.57 Å². The fourth-order valence-electron chi connectivity index (χ4n) is 3.66. The molecule has 2 aromatic heterocycles. The van der Waals surface area contributed by atoms with Crippen LogP contribution in [-0.2, 0) is 9.57 Å². The van der Waals surface area contributed by atoms with Crippen LogP contribution in [0.15, 0.2) is 54.2 Å². The highest BCUT2D eigenvalue weighted by Gasteiger charge is 2.34. The smallest absolute Gasteiger partial charge is 0.293 e. The predicted molar refractivity (Wildman–Crippen MR) is 120 cm³/mol. The standard InChI is InChI=1S/C22H25FN4O3S/c1-3-29-10-11-30-26-22(28)21-20(25-18-7-6-15(31-2)12-17(18)23)16-13-24-9-8-19(16)27(21)14-4-5-14/h3,6,8-9,12-14,18,25H,1,4-5,7,10-11H2,2H3,(H,26,28). The number of carbonyl (C=O) groups excluding carboxylic acids is 1. The Morgan fingerprint density at radius 3 is 3.00 bits per heavy atom. The molecule has 1 fully saturated rings. The summed E-state index contributed by atoms with van der Waals surface area (Å²) in [6, 6.07) is 1.55. The molecule has 2 aromatic rings. The number of rotatable bonds is 10. The maximum absolute atomic E-state index is 14.8. The molecule has 1 unspecified atom stereocenters. The quantitative estimate of drug-likeness (QED) is 0.320. The number of fused-ring (bicyclic) bond motifs is 1. The third kappa shape index (κ3) is 4.62. The second-order valence-corrected chi connectivity index (χ2v) is 8.19. The lowest BCUT2D eigenvalue weighted by Gasteiger charge is -2.21. The fourth-order valence-corrected chi connectivity index (χ4v) is 4.16. The summed E-state index contributed by atoms with van der Waals surface area (Å²) in [7, 11) is 0. The van der Waals surface area contributed by atoms with E-state index in [0.717, 1.165) is 28.6 Å². The number of hydroxylamine groups is 1. The van der Waals surface area contributed by atoms with Gasteiger partial charge in [0.1, 0.15) is 24.7 Å². The summed E-state index contributed by atoms with van der Waals surface area (Å²) in [6.07, 6.45) is 12.6. The largest absolute Gasteiger partial charge is 0.499 e. The highest BCUT2D eigenvalue weighted by atomic mass is 32.2. The maximum atomic E-state index is 14.8. The first-order valence-corrected chi connectivity index (χ1v) is 11.4. The minimum absolute atomic E-state index is 0.175. The van der Waals surface area contributed by atoms with Crippen LogP contribution in [0.3, 0.4) is 0 Å². The Labute approximate surface area is 184 Å². The molecule has 1 amide bonds. The van der Waals surface area contributed by atoms with Crippen LogP contribution in [0.5, 0.6) is 0 Å². The van der Waals surface area contributed by atoms with Crippen LogP contribution in [-0.4, -0.2) is 41.0 Å². The molecular formula is C22H25FN4O3S. The topological polar surface area (TPSA) is 77.4 Å². The van der Waals surface area contributed by atoms with E-state index < -0.39 is 11.9 Å². The van der Waals surface area contributed by atoms with Gasteiger partial charge in [0.25, 0.3) is 5.91 Å². The Morgan fingerprint density at radius 1 is 1.45 bits per heavy atom. The molecule has 0 radical (unpaired) electrons. The van der Waals surface area contributed by atoms with Gasteiger partial charge in [0.2, 0.25) is 0 Å². The van der Waals surface area contributed by atoms with Crippen molar-refractivity contribution < 1.29 is 18.8 Å². The molecule has 0 aliphatic heterocycles. The number of aromatic nitrogens is 2. The Kier molecular flexibility index (Phi) is 6.62. The monoisotopic (exact) mass is 444 g/mol. The summed E-state index contributed by atoms with van der Waals surface area (Å²) in [5, 5.41) is 4.05. The summed E-state index contributed by atoms with van der Waals surface area (Å²) in [5.41, 5.74) is 4.36. The van der Waals surface area contributed by atoms with E-state index in [1.165, 1.54) is 24.1 Å². The Hall–Kier alpha value is -2.78.